The van der Waals surface area contributed by atoms with E-state index in [2.05, 4.69) is 24.1 Å². The highest BCUT2D eigenvalue weighted by Crippen LogP contribution is 2.32. The molecule has 1 N–H and O–H groups in total. The molecule has 0 radical (unpaired) electrons. The van der Waals surface area contributed by atoms with Gasteiger partial charge in [0.2, 0.25) is 0 Å². The van der Waals surface area contributed by atoms with E-state index in [1.54, 1.807) is 25.6 Å². The lowest BCUT2D eigenvalue weighted by Crippen LogP contribution is -2.28. The van der Waals surface area contributed by atoms with Crippen molar-refractivity contribution in [3.8, 4) is 11.5 Å². The molecule has 0 bridgehead atoms. The summed E-state index contributed by atoms with van der Waals surface area (Å²) < 4.78 is 10.7. The number of ether oxygens (including phenoxy) is 2. The fraction of sp³-hybridized carbons (Fsp3) is 0.400. The number of nitrogens with zero attached hydrogens (tertiary/aromatic N) is 1. The second kappa shape index (κ2) is 6.72. The van der Waals surface area contributed by atoms with Crippen molar-refractivity contribution in [2.24, 2.45) is 0 Å². The van der Waals surface area contributed by atoms with Gasteiger partial charge in [0.1, 0.15) is 5.01 Å². The molecule has 1 aromatic carbocycles. The lowest BCUT2D eigenvalue weighted by atomic mass is 10.1. The maximum atomic E-state index is 5.38. The van der Waals surface area contributed by atoms with Crippen molar-refractivity contribution < 1.29 is 9.47 Å². The molecule has 0 amide bonds. The van der Waals surface area contributed by atoms with E-state index in [0.717, 1.165) is 22.1 Å². The summed E-state index contributed by atoms with van der Waals surface area (Å²) in [5.74, 6) is 1.47. The molecule has 0 aliphatic rings. The zero-order valence-corrected chi connectivity index (χ0v) is 13.0. The highest BCUT2D eigenvalue weighted by molar-refractivity contribution is 7.09. The van der Waals surface area contributed by atoms with E-state index in [9.17, 15) is 0 Å². The highest BCUT2D eigenvalue weighted by Gasteiger charge is 2.19. The second-order valence-corrected chi connectivity index (χ2v) is 5.67. The van der Waals surface area contributed by atoms with E-state index in [4.69, 9.17) is 9.47 Å². The van der Waals surface area contributed by atoms with Crippen LogP contribution in [0.3, 0.4) is 0 Å². The summed E-state index contributed by atoms with van der Waals surface area (Å²) in [6, 6.07) is 6.40. The first kappa shape index (κ1) is 14.8. The topological polar surface area (TPSA) is 43.4 Å². The Labute approximate surface area is 123 Å². The molecule has 2 aromatic rings. The largest absolute Gasteiger partial charge is 0.493 e. The molecule has 0 aliphatic heterocycles. The maximum absolute atomic E-state index is 5.38. The highest BCUT2D eigenvalue weighted by atomic mass is 32.1. The van der Waals surface area contributed by atoms with E-state index in [1.165, 1.54) is 0 Å². The van der Waals surface area contributed by atoms with Gasteiger partial charge < -0.3 is 14.8 Å². The Bertz CT molecular complexity index is 541. The summed E-state index contributed by atoms with van der Waals surface area (Å²) in [7, 11) is 3.29. The molecule has 20 heavy (non-hydrogen) atoms. The smallest absolute Gasteiger partial charge is 0.161 e. The van der Waals surface area contributed by atoms with Crippen LogP contribution in [-0.2, 0) is 0 Å². The average molecular weight is 292 g/mol. The van der Waals surface area contributed by atoms with Crippen LogP contribution >= 0.6 is 11.3 Å². The Kier molecular flexibility index (Phi) is 4.98. The van der Waals surface area contributed by atoms with Gasteiger partial charge in [0.05, 0.1) is 20.3 Å². The number of rotatable bonds is 6. The quantitative estimate of drug-likeness (QED) is 0.887. The molecule has 0 spiro atoms. The molecule has 0 fully saturated rings. The number of benzene rings is 1. The molecule has 1 unspecified atom stereocenters. The Morgan fingerprint density at radius 3 is 2.45 bits per heavy atom. The van der Waals surface area contributed by atoms with Gasteiger partial charge in [-0.3, -0.25) is 0 Å². The van der Waals surface area contributed by atoms with Crippen LogP contribution in [0.15, 0.2) is 29.8 Å². The number of nitrogens with one attached hydrogen (secondary N) is 1. The van der Waals surface area contributed by atoms with E-state index >= 15 is 0 Å². The first-order valence-corrected chi connectivity index (χ1v) is 7.41. The number of methoxy groups -OCH3 is 2. The van der Waals surface area contributed by atoms with Gasteiger partial charge in [-0.05, 0) is 31.5 Å². The number of aromatic nitrogens is 1. The molecule has 0 saturated carbocycles. The van der Waals surface area contributed by atoms with E-state index < -0.39 is 0 Å². The number of hydrogen-bond donors (Lipinski definition) is 1. The minimum Gasteiger partial charge on any atom is -0.493 e. The van der Waals surface area contributed by atoms with Crippen LogP contribution in [0.2, 0.25) is 0 Å². The van der Waals surface area contributed by atoms with Crippen molar-refractivity contribution in [3.05, 3.63) is 40.3 Å². The van der Waals surface area contributed by atoms with Gasteiger partial charge in [-0.25, -0.2) is 4.98 Å². The van der Waals surface area contributed by atoms with Crippen molar-refractivity contribution in [1.29, 1.82) is 0 Å². The van der Waals surface area contributed by atoms with Gasteiger partial charge in [-0.2, -0.15) is 0 Å². The van der Waals surface area contributed by atoms with E-state index in [0.29, 0.717) is 6.04 Å². The zero-order valence-electron chi connectivity index (χ0n) is 12.2. The molecule has 0 saturated heterocycles. The Balaban J connectivity index is 2.38. The van der Waals surface area contributed by atoms with Crippen LogP contribution in [-0.4, -0.2) is 25.2 Å². The monoisotopic (exact) mass is 292 g/mol. The van der Waals surface area contributed by atoms with Crippen LogP contribution in [0.25, 0.3) is 0 Å². The van der Waals surface area contributed by atoms with Crippen LogP contribution in [0.5, 0.6) is 11.5 Å². The zero-order chi connectivity index (χ0) is 14.5. The standard InChI is InChI=1S/C15H20N2O2S/c1-10(2)17-14(15-16-7-8-20-15)11-5-6-12(18-3)13(9-11)19-4/h5-10,14,17H,1-4H3. The molecule has 5 heteroatoms. The summed E-state index contributed by atoms with van der Waals surface area (Å²) in [6.07, 6.45) is 1.83. The van der Waals surface area contributed by atoms with Crippen LogP contribution in [0.1, 0.15) is 30.5 Å². The molecule has 1 heterocycles. The summed E-state index contributed by atoms with van der Waals surface area (Å²) in [6.45, 7) is 4.25. The van der Waals surface area contributed by atoms with Crippen LogP contribution in [0.4, 0.5) is 0 Å². The predicted molar refractivity (Wildman–Crippen MR) is 81.8 cm³/mol. The van der Waals surface area contributed by atoms with Crippen molar-refractivity contribution in [2.45, 2.75) is 25.9 Å². The summed E-state index contributed by atoms with van der Waals surface area (Å²) in [5.41, 5.74) is 1.12. The molecule has 2 rings (SSSR count). The fourth-order valence-electron chi connectivity index (χ4n) is 2.05. The second-order valence-electron chi connectivity index (χ2n) is 4.74. The maximum Gasteiger partial charge on any atom is 0.161 e. The molecular formula is C15H20N2O2S. The lowest BCUT2D eigenvalue weighted by Gasteiger charge is -2.21. The Hall–Kier alpha value is -1.59. The van der Waals surface area contributed by atoms with Crippen molar-refractivity contribution in [2.75, 3.05) is 14.2 Å². The van der Waals surface area contributed by atoms with Crippen LogP contribution in [0, 0.1) is 0 Å². The van der Waals surface area contributed by atoms with Gasteiger partial charge >= 0.3 is 0 Å². The third-order valence-electron chi connectivity index (χ3n) is 2.94. The van der Waals surface area contributed by atoms with Crippen molar-refractivity contribution in [3.63, 3.8) is 0 Å². The molecule has 4 nitrogen and oxygen atoms in total. The fourth-order valence-corrected chi connectivity index (χ4v) is 2.78. The minimum atomic E-state index is 0.0646. The van der Waals surface area contributed by atoms with Gasteiger partial charge in [-0.1, -0.05) is 6.07 Å². The molecule has 108 valence electrons. The van der Waals surface area contributed by atoms with Crippen LogP contribution < -0.4 is 14.8 Å². The lowest BCUT2D eigenvalue weighted by molar-refractivity contribution is 0.354. The van der Waals surface area contributed by atoms with Crippen molar-refractivity contribution >= 4 is 11.3 Å². The normalized spacial score (nSPS) is 12.4. The SMILES string of the molecule is COc1ccc(C(NC(C)C)c2nccs2)cc1OC. The van der Waals surface area contributed by atoms with E-state index in [1.807, 2.05) is 29.8 Å². The molecular weight excluding hydrogens is 272 g/mol. The Morgan fingerprint density at radius 2 is 1.90 bits per heavy atom. The summed E-state index contributed by atoms with van der Waals surface area (Å²) >= 11 is 1.65. The molecule has 1 atom stereocenters. The first-order valence-electron chi connectivity index (χ1n) is 6.53. The summed E-state index contributed by atoms with van der Waals surface area (Å²) in [4.78, 5) is 4.43. The molecule has 1 aromatic heterocycles. The number of thiazole rings is 1. The van der Waals surface area contributed by atoms with Crippen molar-refractivity contribution in [1.82, 2.24) is 10.3 Å². The first-order chi connectivity index (χ1) is 9.65. The third-order valence-corrected chi connectivity index (χ3v) is 3.78. The number of hydrogen-bond acceptors (Lipinski definition) is 5. The summed E-state index contributed by atoms with van der Waals surface area (Å²) in [5, 5.41) is 6.58. The minimum absolute atomic E-state index is 0.0646. The third kappa shape index (κ3) is 3.29. The van der Waals surface area contributed by atoms with Gasteiger partial charge in [0.15, 0.2) is 11.5 Å². The Morgan fingerprint density at radius 1 is 1.15 bits per heavy atom. The molecule has 0 aliphatic carbocycles. The average Bonchev–Trinajstić information content (AvgIpc) is 2.97. The van der Waals surface area contributed by atoms with Gasteiger partial charge in [0.25, 0.3) is 0 Å². The van der Waals surface area contributed by atoms with E-state index in [-0.39, 0.29) is 6.04 Å². The van der Waals surface area contributed by atoms with Gasteiger partial charge in [0, 0.05) is 17.6 Å². The predicted octanol–water partition coefficient (Wildman–Crippen LogP) is 3.25. The van der Waals surface area contributed by atoms with Gasteiger partial charge in [-0.15, -0.1) is 11.3 Å².